The Labute approximate surface area is 99.5 Å². The zero-order valence-corrected chi connectivity index (χ0v) is 10.1. The molecule has 88 valence electrons. The summed E-state index contributed by atoms with van der Waals surface area (Å²) in [6.07, 6.45) is 0. The molecular formula is C11H15ClFN3. The number of halogens is 2. The summed E-state index contributed by atoms with van der Waals surface area (Å²) in [5.41, 5.74) is 5.87. The van der Waals surface area contributed by atoms with Gasteiger partial charge in [0.25, 0.3) is 0 Å². The van der Waals surface area contributed by atoms with Crippen LogP contribution in [0.4, 0.5) is 10.1 Å². The third-order valence-corrected chi connectivity index (χ3v) is 2.06. The Morgan fingerprint density at radius 3 is 2.81 bits per heavy atom. The molecule has 0 heterocycles. The first-order valence-electron chi connectivity index (χ1n) is 5.01. The molecule has 0 bridgehead atoms. The van der Waals surface area contributed by atoms with Crippen LogP contribution in [0.1, 0.15) is 13.8 Å². The third-order valence-electron chi connectivity index (χ3n) is 1.82. The molecule has 3 N–H and O–H groups in total. The van der Waals surface area contributed by atoms with E-state index in [4.69, 9.17) is 17.3 Å². The van der Waals surface area contributed by atoms with Gasteiger partial charge >= 0.3 is 0 Å². The van der Waals surface area contributed by atoms with Gasteiger partial charge in [0, 0.05) is 11.6 Å². The van der Waals surface area contributed by atoms with Gasteiger partial charge in [-0.15, -0.1) is 0 Å². The van der Waals surface area contributed by atoms with Crippen LogP contribution in [-0.2, 0) is 0 Å². The van der Waals surface area contributed by atoms with Crippen molar-refractivity contribution in [3.8, 4) is 0 Å². The normalized spacial score (nSPS) is 11.9. The molecule has 16 heavy (non-hydrogen) atoms. The molecule has 3 nitrogen and oxygen atoms in total. The van der Waals surface area contributed by atoms with E-state index in [1.165, 1.54) is 12.1 Å². The second-order valence-corrected chi connectivity index (χ2v) is 4.31. The van der Waals surface area contributed by atoms with Gasteiger partial charge < -0.3 is 11.1 Å². The molecule has 5 heteroatoms. The molecule has 0 aliphatic rings. The number of hydrogen-bond acceptors (Lipinski definition) is 1. The molecule has 1 aromatic carbocycles. The zero-order chi connectivity index (χ0) is 12.1. The van der Waals surface area contributed by atoms with Gasteiger partial charge in [-0.3, -0.25) is 4.99 Å². The number of nitrogens with two attached hydrogens (primary N) is 1. The minimum absolute atomic E-state index is 0.204. The largest absolute Gasteiger partial charge is 0.370 e. The Kier molecular flexibility index (Phi) is 4.55. The maximum absolute atomic E-state index is 13.4. The summed E-state index contributed by atoms with van der Waals surface area (Å²) in [6, 6.07) is 4.33. The fourth-order valence-corrected chi connectivity index (χ4v) is 1.21. The van der Waals surface area contributed by atoms with E-state index in [0.29, 0.717) is 17.5 Å². The molecule has 0 amide bonds. The standard InChI is InChI=1S/C11H15ClFN3/c1-7(2)6-15-11(14)16-10-4-3-8(12)5-9(10)13/h3-5,7H,6H2,1-2H3,(H3,14,15,16). The highest BCUT2D eigenvalue weighted by Gasteiger charge is 2.03. The molecule has 0 atom stereocenters. The van der Waals surface area contributed by atoms with Crippen LogP contribution in [-0.4, -0.2) is 12.5 Å². The van der Waals surface area contributed by atoms with E-state index in [1.807, 2.05) is 13.8 Å². The van der Waals surface area contributed by atoms with E-state index in [0.717, 1.165) is 0 Å². The fourth-order valence-electron chi connectivity index (χ4n) is 1.05. The van der Waals surface area contributed by atoms with Gasteiger partial charge in [0.2, 0.25) is 0 Å². The van der Waals surface area contributed by atoms with Crippen molar-refractivity contribution in [2.75, 3.05) is 11.9 Å². The Morgan fingerprint density at radius 2 is 2.25 bits per heavy atom. The number of benzene rings is 1. The van der Waals surface area contributed by atoms with Gasteiger partial charge in [0.05, 0.1) is 5.69 Å². The Morgan fingerprint density at radius 1 is 1.56 bits per heavy atom. The molecule has 0 spiro atoms. The second kappa shape index (κ2) is 5.70. The van der Waals surface area contributed by atoms with Gasteiger partial charge in [-0.1, -0.05) is 25.4 Å². The molecule has 0 aromatic heterocycles. The highest BCUT2D eigenvalue weighted by Crippen LogP contribution is 2.18. The van der Waals surface area contributed by atoms with Crippen LogP contribution in [0.5, 0.6) is 0 Å². The number of rotatable bonds is 3. The van der Waals surface area contributed by atoms with Crippen LogP contribution in [0.3, 0.4) is 0 Å². The van der Waals surface area contributed by atoms with Crippen molar-refractivity contribution >= 4 is 23.2 Å². The highest BCUT2D eigenvalue weighted by atomic mass is 35.5. The summed E-state index contributed by atoms with van der Waals surface area (Å²) in [6.45, 7) is 4.66. The quantitative estimate of drug-likeness (QED) is 0.634. The van der Waals surface area contributed by atoms with Crippen molar-refractivity contribution < 1.29 is 4.39 Å². The lowest BCUT2D eigenvalue weighted by atomic mass is 10.2. The Balaban J connectivity index is 2.69. The number of aliphatic imine (C=N–C) groups is 1. The van der Waals surface area contributed by atoms with Crippen molar-refractivity contribution in [3.05, 3.63) is 29.0 Å². The van der Waals surface area contributed by atoms with Crippen LogP contribution in [0.15, 0.2) is 23.2 Å². The van der Waals surface area contributed by atoms with Crippen molar-refractivity contribution in [3.63, 3.8) is 0 Å². The van der Waals surface area contributed by atoms with Crippen molar-refractivity contribution in [2.24, 2.45) is 16.6 Å². The molecule has 0 unspecified atom stereocenters. The topological polar surface area (TPSA) is 50.4 Å². The van der Waals surface area contributed by atoms with Crippen molar-refractivity contribution in [1.29, 1.82) is 0 Å². The van der Waals surface area contributed by atoms with Gasteiger partial charge in [0.15, 0.2) is 5.96 Å². The lowest BCUT2D eigenvalue weighted by Gasteiger charge is -2.07. The molecule has 1 aromatic rings. The molecule has 0 aliphatic carbocycles. The molecule has 0 saturated heterocycles. The van der Waals surface area contributed by atoms with Gasteiger partial charge in [-0.2, -0.15) is 0 Å². The first kappa shape index (κ1) is 12.8. The Hall–Kier alpha value is -1.29. The monoisotopic (exact) mass is 243 g/mol. The number of anilines is 1. The van der Waals surface area contributed by atoms with E-state index >= 15 is 0 Å². The first-order chi connectivity index (χ1) is 7.49. The molecule has 1 rings (SSSR count). The van der Waals surface area contributed by atoms with E-state index in [9.17, 15) is 4.39 Å². The number of hydrogen-bond donors (Lipinski definition) is 2. The van der Waals surface area contributed by atoms with Crippen LogP contribution in [0, 0.1) is 11.7 Å². The van der Waals surface area contributed by atoms with E-state index in [1.54, 1.807) is 6.07 Å². The average Bonchev–Trinajstić information content (AvgIpc) is 2.19. The third kappa shape index (κ3) is 4.06. The minimum atomic E-state index is -0.449. The smallest absolute Gasteiger partial charge is 0.193 e. The molecular weight excluding hydrogens is 229 g/mol. The molecule has 0 fully saturated rings. The number of guanidine groups is 1. The fraction of sp³-hybridized carbons (Fsp3) is 0.364. The summed E-state index contributed by atoms with van der Waals surface area (Å²) in [4.78, 5) is 4.07. The van der Waals surface area contributed by atoms with Crippen molar-refractivity contribution in [1.82, 2.24) is 0 Å². The second-order valence-electron chi connectivity index (χ2n) is 3.87. The molecule has 0 saturated carbocycles. The SMILES string of the molecule is CC(C)CN=C(N)Nc1ccc(Cl)cc1F. The maximum atomic E-state index is 13.4. The van der Waals surface area contributed by atoms with Crippen molar-refractivity contribution in [2.45, 2.75) is 13.8 Å². The first-order valence-corrected chi connectivity index (χ1v) is 5.39. The lowest BCUT2D eigenvalue weighted by molar-refractivity contribution is 0.632. The summed E-state index contributed by atoms with van der Waals surface area (Å²) in [5.74, 6) is 0.167. The van der Waals surface area contributed by atoms with E-state index in [2.05, 4.69) is 10.3 Å². The average molecular weight is 244 g/mol. The predicted octanol–water partition coefficient (Wildman–Crippen LogP) is 2.86. The minimum Gasteiger partial charge on any atom is -0.370 e. The van der Waals surface area contributed by atoms with Crippen LogP contribution in [0.2, 0.25) is 5.02 Å². The highest BCUT2D eigenvalue weighted by molar-refractivity contribution is 6.30. The van der Waals surface area contributed by atoms with Crippen LogP contribution < -0.4 is 11.1 Å². The molecule has 0 radical (unpaired) electrons. The number of nitrogens with one attached hydrogen (secondary N) is 1. The van der Waals surface area contributed by atoms with Gasteiger partial charge in [0.1, 0.15) is 5.82 Å². The maximum Gasteiger partial charge on any atom is 0.193 e. The summed E-state index contributed by atoms with van der Waals surface area (Å²) >= 11 is 5.63. The van der Waals surface area contributed by atoms with Gasteiger partial charge in [-0.25, -0.2) is 4.39 Å². The van der Waals surface area contributed by atoms with Crippen LogP contribution in [0.25, 0.3) is 0 Å². The zero-order valence-electron chi connectivity index (χ0n) is 9.30. The van der Waals surface area contributed by atoms with E-state index < -0.39 is 5.82 Å². The van der Waals surface area contributed by atoms with Gasteiger partial charge in [-0.05, 0) is 24.1 Å². The van der Waals surface area contributed by atoms with E-state index in [-0.39, 0.29) is 11.6 Å². The Bertz CT molecular complexity index is 391. The molecule has 0 aliphatic heterocycles. The lowest BCUT2D eigenvalue weighted by Crippen LogP contribution is -2.24. The summed E-state index contributed by atoms with van der Waals surface area (Å²) in [5, 5.41) is 3.03. The summed E-state index contributed by atoms with van der Waals surface area (Å²) < 4.78 is 13.4. The predicted molar refractivity (Wildman–Crippen MR) is 66.4 cm³/mol. The summed E-state index contributed by atoms with van der Waals surface area (Å²) in [7, 11) is 0. The van der Waals surface area contributed by atoms with Crippen LogP contribution >= 0.6 is 11.6 Å². The number of nitrogens with zero attached hydrogens (tertiary/aromatic N) is 1.